The summed E-state index contributed by atoms with van der Waals surface area (Å²) >= 11 is 5.91. The van der Waals surface area contributed by atoms with Crippen molar-refractivity contribution in [2.24, 2.45) is 0 Å². The van der Waals surface area contributed by atoms with Crippen LogP contribution in [0.25, 0.3) is 0 Å². The minimum Gasteiger partial charge on any atom is -0.314 e. The van der Waals surface area contributed by atoms with Gasteiger partial charge in [-0.05, 0) is 49.9 Å². The van der Waals surface area contributed by atoms with Gasteiger partial charge in [-0.15, -0.1) is 0 Å². The summed E-state index contributed by atoms with van der Waals surface area (Å²) in [6, 6.07) is 7.11. The number of fused-ring (bicyclic) bond motifs is 2. The van der Waals surface area contributed by atoms with Crippen molar-refractivity contribution in [3.63, 3.8) is 0 Å². The molecule has 0 aromatic heterocycles. The van der Waals surface area contributed by atoms with Gasteiger partial charge >= 0.3 is 0 Å². The van der Waals surface area contributed by atoms with E-state index in [2.05, 4.69) is 17.1 Å². The van der Waals surface area contributed by atoms with Crippen LogP contribution in [0.3, 0.4) is 0 Å². The summed E-state index contributed by atoms with van der Waals surface area (Å²) in [6.45, 7) is 4.13. The summed E-state index contributed by atoms with van der Waals surface area (Å²) in [5.41, 5.74) is 1.13. The molecule has 2 bridgehead atoms. The lowest BCUT2D eigenvalue weighted by Crippen LogP contribution is -2.55. The summed E-state index contributed by atoms with van der Waals surface area (Å²) < 4.78 is 13.3. The summed E-state index contributed by atoms with van der Waals surface area (Å²) in [5, 5.41) is 3.85. The minimum atomic E-state index is -0.327. The molecule has 2 heterocycles. The molecule has 2 unspecified atom stereocenters. The third-order valence-electron chi connectivity index (χ3n) is 4.97. The zero-order valence-electron chi connectivity index (χ0n) is 12.6. The molecule has 2 atom stereocenters. The maximum Gasteiger partial charge on any atom is 0.141 e. The average Bonchev–Trinajstić information content (AvgIpc) is 2.44. The Morgan fingerprint density at radius 3 is 2.62 bits per heavy atom. The van der Waals surface area contributed by atoms with Gasteiger partial charge in [0.2, 0.25) is 0 Å². The fourth-order valence-corrected chi connectivity index (χ4v) is 4.24. The molecule has 21 heavy (non-hydrogen) atoms. The van der Waals surface area contributed by atoms with Crippen molar-refractivity contribution >= 4 is 11.6 Å². The van der Waals surface area contributed by atoms with Crippen molar-refractivity contribution in [3.05, 3.63) is 34.6 Å². The van der Waals surface area contributed by atoms with Crippen molar-refractivity contribution in [3.8, 4) is 0 Å². The maximum absolute atomic E-state index is 13.3. The van der Waals surface area contributed by atoms with Gasteiger partial charge < -0.3 is 5.32 Å². The zero-order valence-corrected chi connectivity index (χ0v) is 13.4. The van der Waals surface area contributed by atoms with Gasteiger partial charge in [0.25, 0.3) is 0 Å². The summed E-state index contributed by atoms with van der Waals surface area (Å²) in [4.78, 5) is 2.63. The second-order valence-corrected chi connectivity index (χ2v) is 6.79. The third kappa shape index (κ3) is 3.41. The van der Waals surface area contributed by atoms with Crippen LogP contribution in [0.15, 0.2) is 18.2 Å². The summed E-state index contributed by atoms with van der Waals surface area (Å²) in [6.07, 6.45) is 6.38. The second-order valence-electron chi connectivity index (χ2n) is 6.39. The van der Waals surface area contributed by atoms with Crippen LogP contribution in [0.1, 0.15) is 44.6 Å². The Morgan fingerprint density at radius 2 is 2.00 bits per heavy atom. The molecule has 1 N–H and O–H groups in total. The van der Waals surface area contributed by atoms with Crippen LogP contribution in [-0.2, 0) is 6.54 Å². The van der Waals surface area contributed by atoms with Gasteiger partial charge in [0.05, 0.1) is 5.02 Å². The third-order valence-corrected chi connectivity index (χ3v) is 5.26. The fourth-order valence-electron chi connectivity index (χ4n) is 4.04. The zero-order chi connectivity index (χ0) is 14.8. The van der Waals surface area contributed by atoms with Crippen LogP contribution < -0.4 is 5.32 Å². The quantitative estimate of drug-likeness (QED) is 0.905. The van der Waals surface area contributed by atoms with Crippen LogP contribution in [0.5, 0.6) is 0 Å². The number of nitrogens with one attached hydrogen (secondary N) is 1. The Kier molecular flexibility index (Phi) is 4.82. The number of piperidine rings is 2. The lowest BCUT2D eigenvalue weighted by molar-refractivity contribution is 0.0180. The number of nitrogens with zero attached hydrogens (tertiary/aromatic N) is 1. The van der Waals surface area contributed by atoms with Gasteiger partial charge in [0, 0.05) is 24.7 Å². The molecule has 0 aliphatic carbocycles. The minimum absolute atomic E-state index is 0.236. The molecule has 2 fully saturated rings. The van der Waals surface area contributed by atoms with Crippen molar-refractivity contribution in [1.82, 2.24) is 10.2 Å². The molecule has 2 nitrogen and oxygen atoms in total. The molecule has 2 aliphatic rings. The number of benzene rings is 1. The molecule has 116 valence electrons. The molecule has 0 spiro atoms. The normalized spacial score (nSPS) is 29.6. The van der Waals surface area contributed by atoms with Gasteiger partial charge in [0.1, 0.15) is 5.82 Å². The smallest absolute Gasteiger partial charge is 0.141 e. The van der Waals surface area contributed by atoms with Crippen molar-refractivity contribution in [1.29, 1.82) is 0 Å². The predicted molar refractivity (Wildman–Crippen MR) is 85.1 cm³/mol. The molecule has 4 heteroatoms. The molecular formula is C17H24ClFN2. The highest BCUT2D eigenvalue weighted by Gasteiger charge is 2.37. The van der Waals surface area contributed by atoms with E-state index in [0.29, 0.717) is 18.1 Å². The summed E-state index contributed by atoms with van der Waals surface area (Å²) in [7, 11) is 0. The Labute approximate surface area is 131 Å². The molecule has 2 saturated heterocycles. The van der Waals surface area contributed by atoms with Gasteiger partial charge in [0.15, 0.2) is 0 Å². The first-order chi connectivity index (χ1) is 10.2. The van der Waals surface area contributed by atoms with Crippen LogP contribution in [0.2, 0.25) is 5.02 Å². The molecule has 2 aliphatic heterocycles. The van der Waals surface area contributed by atoms with Crippen molar-refractivity contribution in [2.75, 3.05) is 6.54 Å². The lowest BCUT2D eigenvalue weighted by atomic mass is 9.81. The molecular weight excluding hydrogens is 287 g/mol. The van der Waals surface area contributed by atoms with Gasteiger partial charge in [-0.1, -0.05) is 31.0 Å². The summed E-state index contributed by atoms with van der Waals surface area (Å²) in [5.74, 6) is -0.327. The van der Waals surface area contributed by atoms with Crippen LogP contribution in [0.4, 0.5) is 4.39 Å². The van der Waals surface area contributed by atoms with E-state index >= 15 is 0 Å². The monoisotopic (exact) mass is 310 g/mol. The fraction of sp³-hybridized carbons (Fsp3) is 0.647. The van der Waals surface area contributed by atoms with Gasteiger partial charge in [-0.3, -0.25) is 4.90 Å². The molecule has 3 rings (SSSR count). The van der Waals surface area contributed by atoms with E-state index in [1.54, 1.807) is 6.07 Å². The molecule has 1 aromatic carbocycles. The van der Waals surface area contributed by atoms with Crippen LogP contribution in [-0.4, -0.2) is 29.6 Å². The second kappa shape index (κ2) is 6.64. The van der Waals surface area contributed by atoms with E-state index in [4.69, 9.17) is 11.6 Å². The molecule has 1 aromatic rings. The molecule has 0 saturated carbocycles. The Bertz CT molecular complexity index is 480. The van der Waals surface area contributed by atoms with Crippen molar-refractivity contribution in [2.45, 2.75) is 63.7 Å². The van der Waals surface area contributed by atoms with E-state index in [1.165, 1.54) is 38.2 Å². The SMILES string of the molecule is CCNC1CC2CCCC(C1)N2Cc1ccc(F)c(Cl)c1. The van der Waals surface area contributed by atoms with Crippen LogP contribution >= 0.6 is 11.6 Å². The van der Waals surface area contributed by atoms with E-state index in [9.17, 15) is 4.39 Å². The highest BCUT2D eigenvalue weighted by molar-refractivity contribution is 6.30. The molecule has 0 radical (unpaired) electrons. The van der Waals surface area contributed by atoms with E-state index in [0.717, 1.165) is 18.7 Å². The van der Waals surface area contributed by atoms with Gasteiger partial charge in [-0.2, -0.15) is 0 Å². The number of rotatable bonds is 4. The Hall–Kier alpha value is -0.640. The Morgan fingerprint density at radius 1 is 1.29 bits per heavy atom. The number of halogens is 2. The Balaban J connectivity index is 1.71. The first-order valence-electron chi connectivity index (χ1n) is 8.10. The lowest BCUT2D eigenvalue weighted by Gasteiger charge is -2.49. The number of hydrogen-bond donors (Lipinski definition) is 1. The maximum atomic E-state index is 13.3. The van der Waals surface area contributed by atoms with Crippen LogP contribution in [0, 0.1) is 5.82 Å². The van der Waals surface area contributed by atoms with E-state index in [-0.39, 0.29) is 10.8 Å². The number of hydrogen-bond acceptors (Lipinski definition) is 2. The standard InChI is InChI=1S/C17H24ClFN2/c1-2-20-13-9-14-4-3-5-15(10-13)21(14)11-12-6-7-17(19)16(18)8-12/h6-8,13-15,20H,2-5,9-11H2,1H3. The largest absolute Gasteiger partial charge is 0.314 e. The van der Waals surface area contributed by atoms with E-state index < -0.39 is 0 Å². The van der Waals surface area contributed by atoms with Crippen molar-refractivity contribution < 1.29 is 4.39 Å². The van der Waals surface area contributed by atoms with E-state index in [1.807, 2.05) is 6.07 Å². The molecule has 0 amide bonds. The first-order valence-corrected chi connectivity index (χ1v) is 8.48. The van der Waals surface area contributed by atoms with Gasteiger partial charge in [-0.25, -0.2) is 4.39 Å². The predicted octanol–water partition coefficient (Wildman–Crippen LogP) is 3.97. The average molecular weight is 311 g/mol. The first kappa shape index (κ1) is 15.3. The topological polar surface area (TPSA) is 15.3 Å². The highest BCUT2D eigenvalue weighted by atomic mass is 35.5. The highest BCUT2D eigenvalue weighted by Crippen LogP contribution is 2.35.